The highest BCUT2D eigenvalue weighted by molar-refractivity contribution is 8.03. The molecule has 32 heavy (non-hydrogen) atoms. The number of allylic oxidation sites excluding steroid dienone is 2. The van der Waals surface area contributed by atoms with Gasteiger partial charge in [-0.05, 0) is 56.2 Å². The van der Waals surface area contributed by atoms with E-state index in [1.807, 2.05) is 23.9 Å². The highest BCUT2D eigenvalue weighted by Crippen LogP contribution is 2.47. The van der Waals surface area contributed by atoms with Gasteiger partial charge in [-0.1, -0.05) is 30.0 Å². The first kappa shape index (κ1) is 25.1. The van der Waals surface area contributed by atoms with E-state index in [0.717, 1.165) is 36.0 Å². The van der Waals surface area contributed by atoms with Gasteiger partial charge in [0.25, 0.3) is 5.01 Å². The second-order valence-corrected chi connectivity index (χ2v) is 9.29. The quantitative estimate of drug-likeness (QED) is 0.370. The monoisotopic (exact) mass is 584 g/mol. The van der Waals surface area contributed by atoms with Gasteiger partial charge in [0, 0.05) is 30.7 Å². The minimum atomic E-state index is -0.326. The van der Waals surface area contributed by atoms with E-state index < -0.39 is 0 Å². The number of rotatable bonds is 7. The first-order valence-corrected chi connectivity index (χ1v) is 12.2. The summed E-state index contributed by atoms with van der Waals surface area (Å²) in [7, 11) is 3.38. The molecule has 8 heteroatoms. The van der Waals surface area contributed by atoms with E-state index in [-0.39, 0.29) is 30.3 Å². The number of halogens is 1. The number of methoxy groups -OCH3 is 2. The third-order valence-corrected chi connectivity index (χ3v) is 7.59. The summed E-state index contributed by atoms with van der Waals surface area (Å²) in [6.45, 7) is 8.29. The van der Waals surface area contributed by atoms with Crippen LogP contribution < -0.4 is 42.9 Å². The van der Waals surface area contributed by atoms with Crippen molar-refractivity contribution in [3.63, 3.8) is 0 Å². The third kappa shape index (κ3) is 4.88. The maximum atomic E-state index is 6.03. The lowest BCUT2D eigenvalue weighted by Gasteiger charge is -2.18. The molecule has 0 radical (unpaired) electrons. The molecule has 1 atom stereocenters. The molecule has 0 saturated carbocycles. The zero-order chi connectivity index (χ0) is 22.0. The topological polar surface area (TPSA) is 34.8 Å². The lowest BCUT2D eigenvalue weighted by molar-refractivity contribution is -0.696. The molecule has 1 aromatic heterocycles. The number of anilines is 1. The number of thiazole rings is 1. The molecule has 1 aromatic carbocycles. The Labute approximate surface area is 215 Å². The van der Waals surface area contributed by atoms with Gasteiger partial charge in [0.1, 0.15) is 10.6 Å². The molecule has 0 saturated heterocycles. The maximum absolute atomic E-state index is 6.03. The second-order valence-electron chi connectivity index (χ2n) is 7.17. The van der Waals surface area contributed by atoms with Crippen LogP contribution in [-0.4, -0.2) is 27.1 Å². The Morgan fingerprint density at radius 3 is 2.72 bits per heavy atom. The minimum Gasteiger partial charge on any atom is -1.00 e. The summed E-state index contributed by atoms with van der Waals surface area (Å²) in [4.78, 5) is 4.76. The fourth-order valence-corrected chi connectivity index (χ4v) is 6.06. The van der Waals surface area contributed by atoms with Crippen LogP contribution in [-0.2, 0) is 11.3 Å². The molecule has 0 fully saturated rings. The number of fused-ring (bicyclic) bond motifs is 2. The molecule has 0 spiro atoms. The number of benzene rings is 1. The van der Waals surface area contributed by atoms with Gasteiger partial charge in [-0.3, -0.25) is 0 Å². The molecule has 2 aliphatic heterocycles. The van der Waals surface area contributed by atoms with Gasteiger partial charge in [0.05, 0.1) is 17.8 Å². The Bertz CT molecular complexity index is 1060. The van der Waals surface area contributed by atoms with E-state index in [2.05, 4.69) is 60.6 Å². The summed E-state index contributed by atoms with van der Waals surface area (Å²) in [5.74, 6) is 1.78. The number of hydrogen-bond acceptors (Lipinski definition) is 6. The summed E-state index contributed by atoms with van der Waals surface area (Å²) in [5.41, 5.74) is 2.50. The lowest BCUT2D eigenvalue weighted by atomic mass is 10.2. The van der Waals surface area contributed by atoms with E-state index >= 15 is 0 Å². The molecule has 0 bridgehead atoms. The molecule has 3 heterocycles. The Hall–Kier alpha value is -1.49. The normalized spacial score (nSPS) is 18.3. The fourth-order valence-electron chi connectivity index (χ4n) is 3.72. The molecule has 4 rings (SSSR count). The SMILES string of the molecule is CCC(=Cc1sc2c([n+]1CC)OC(OC)C=C2)C=C1Sc2ccc(OC)cc2N1CC.[I-]. The van der Waals surface area contributed by atoms with Gasteiger partial charge in [-0.25, -0.2) is 0 Å². The van der Waals surface area contributed by atoms with Gasteiger partial charge >= 0.3 is 5.88 Å². The van der Waals surface area contributed by atoms with Gasteiger partial charge in [0.2, 0.25) is 6.29 Å². The van der Waals surface area contributed by atoms with Crippen LogP contribution in [0.2, 0.25) is 0 Å². The number of ether oxygens (including phenoxy) is 3. The molecular weight excluding hydrogens is 555 g/mol. The third-order valence-electron chi connectivity index (χ3n) is 5.40. The highest BCUT2D eigenvalue weighted by Gasteiger charge is 2.30. The van der Waals surface area contributed by atoms with E-state index in [1.165, 1.54) is 26.2 Å². The van der Waals surface area contributed by atoms with E-state index in [4.69, 9.17) is 14.2 Å². The van der Waals surface area contributed by atoms with Crippen LogP contribution in [0.4, 0.5) is 5.69 Å². The Balaban J connectivity index is 0.00000289. The Morgan fingerprint density at radius 2 is 2.06 bits per heavy atom. The summed E-state index contributed by atoms with van der Waals surface area (Å²) in [6, 6.07) is 6.29. The van der Waals surface area contributed by atoms with Gasteiger partial charge in [-0.15, -0.1) is 0 Å². The molecule has 2 aliphatic rings. The van der Waals surface area contributed by atoms with Crippen LogP contribution in [0.5, 0.6) is 11.6 Å². The van der Waals surface area contributed by atoms with Crippen molar-refractivity contribution in [1.29, 1.82) is 0 Å². The number of hydrogen-bond donors (Lipinski definition) is 0. The van der Waals surface area contributed by atoms with Crippen molar-refractivity contribution in [1.82, 2.24) is 0 Å². The predicted molar refractivity (Wildman–Crippen MR) is 129 cm³/mol. The number of nitrogens with zero attached hydrogens (tertiary/aromatic N) is 2. The average Bonchev–Trinajstić information content (AvgIpc) is 3.33. The van der Waals surface area contributed by atoms with Gasteiger partial charge in [-0.2, -0.15) is 4.57 Å². The van der Waals surface area contributed by atoms with Crippen molar-refractivity contribution in [2.24, 2.45) is 0 Å². The van der Waals surface area contributed by atoms with Crippen LogP contribution in [0.15, 0.2) is 45.8 Å². The fraction of sp³-hybridized carbons (Fsp3) is 0.375. The number of thioether (sulfide) groups is 1. The largest absolute Gasteiger partial charge is 1.00 e. The Kier molecular flexibility index (Phi) is 8.71. The van der Waals surface area contributed by atoms with Crippen molar-refractivity contribution >= 4 is 40.9 Å². The van der Waals surface area contributed by atoms with E-state index in [0.29, 0.717) is 0 Å². The minimum absolute atomic E-state index is 0. The van der Waals surface area contributed by atoms with Gasteiger partial charge in [0.15, 0.2) is 6.54 Å². The molecule has 5 nitrogen and oxygen atoms in total. The van der Waals surface area contributed by atoms with Crippen molar-refractivity contribution in [3.05, 3.63) is 50.8 Å². The zero-order valence-electron chi connectivity index (χ0n) is 19.1. The first-order valence-electron chi connectivity index (χ1n) is 10.6. The maximum Gasteiger partial charge on any atom is 0.389 e. The molecular formula is C24H29IN2O3S2. The molecule has 2 aromatic rings. The summed E-state index contributed by atoms with van der Waals surface area (Å²) >= 11 is 3.57. The Morgan fingerprint density at radius 1 is 1.25 bits per heavy atom. The smallest absolute Gasteiger partial charge is 0.389 e. The van der Waals surface area contributed by atoms with Crippen molar-refractivity contribution in [2.45, 2.75) is 44.9 Å². The summed E-state index contributed by atoms with van der Waals surface area (Å²) in [6.07, 6.45) is 9.28. The van der Waals surface area contributed by atoms with Crippen molar-refractivity contribution < 1.29 is 42.8 Å². The lowest BCUT2D eigenvalue weighted by Crippen LogP contribution is -3.00. The molecule has 172 valence electrons. The molecule has 0 amide bonds. The van der Waals surface area contributed by atoms with E-state index in [1.54, 1.807) is 25.6 Å². The van der Waals surface area contributed by atoms with Crippen LogP contribution in [0, 0.1) is 0 Å². The van der Waals surface area contributed by atoms with Gasteiger partial charge < -0.3 is 43.1 Å². The summed E-state index contributed by atoms with van der Waals surface area (Å²) in [5, 5.41) is 2.44. The molecule has 0 aliphatic carbocycles. The standard InChI is InChI=1S/C24H29N2O3S2.HI/c1-6-16(13-21-25(7-2)18-15-17(27-4)9-10-19(18)30-21)14-22-26(8-3)24-20(31-22)11-12-23(28-5)29-24;/h9-15,23H,6-8H2,1-5H3;1H/q+1;/p-1. The van der Waals surface area contributed by atoms with Crippen LogP contribution in [0.1, 0.15) is 37.1 Å². The summed E-state index contributed by atoms with van der Waals surface area (Å²) < 4.78 is 19.0. The predicted octanol–water partition coefficient (Wildman–Crippen LogP) is 2.71. The highest BCUT2D eigenvalue weighted by atomic mass is 127. The van der Waals surface area contributed by atoms with Crippen LogP contribution in [0.25, 0.3) is 12.2 Å². The second kappa shape index (κ2) is 11.1. The molecule has 0 N–H and O–H groups in total. The van der Waals surface area contributed by atoms with E-state index in [9.17, 15) is 0 Å². The van der Waals surface area contributed by atoms with Crippen molar-refractivity contribution in [2.75, 3.05) is 25.7 Å². The molecule has 1 unspecified atom stereocenters. The zero-order valence-corrected chi connectivity index (χ0v) is 22.8. The van der Waals surface area contributed by atoms with Crippen LogP contribution >= 0.6 is 23.1 Å². The van der Waals surface area contributed by atoms with Crippen LogP contribution in [0.3, 0.4) is 0 Å². The first-order chi connectivity index (χ1) is 15.1. The number of aromatic nitrogens is 1. The van der Waals surface area contributed by atoms with Crippen molar-refractivity contribution in [3.8, 4) is 11.6 Å². The average molecular weight is 585 g/mol.